The second-order valence-electron chi connectivity index (χ2n) is 6.61. The number of para-hydroxylation sites is 1. The first kappa shape index (κ1) is 23.4. The molecule has 0 saturated carbocycles. The second kappa shape index (κ2) is 10.4. The maximum absolute atomic E-state index is 13.1. The van der Waals surface area contributed by atoms with Gasteiger partial charge in [-0.3, -0.25) is 19.2 Å². The molecule has 0 fully saturated rings. The molecule has 3 aromatic rings. The molecular weight excluding hydrogens is 450 g/mol. The summed E-state index contributed by atoms with van der Waals surface area (Å²) in [7, 11) is -3.77. The van der Waals surface area contributed by atoms with Crippen LogP contribution in [-0.2, 0) is 26.0 Å². The highest BCUT2D eigenvalue weighted by Crippen LogP contribution is 2.24. The molecule has 168 valence electrons. The lowest BCUT2D eigenvalue weighted by Gasteiger charge is -2.22. The van der Waals surface area contributed by atoms with E-state index in [1.54, 1.807) is 43.5 Å². The van der Waals surface area contributed by atoms with E-state index in [9.17, 15) is 18.0 Å². The van der Waals surface area contributed by atoms with Gasteiger partial charge in [-0.2, -0.15) is 0 Å². The average Bonchev–Trinajstić information content (AvgIpc) is 3.21. The lowest BCUT2D eigenvalue weighted by Crippen LogP contribution is -2.30. The number of hydrogen-bond donors (Lipinski definition) is 1. The molecule has 0 aliphatic heterocycles. The van der Waals surface area contributed by atoms with Crippen LogP contribution in [0.1, 0.15) is 29.9 Å². The van der Waals surface area contributed by atoms with E-state index in [-0.39, 0.29) is 29.4 Å². The van der Waals surface area contributed by atoms with Crippen molar-refractivity contribution in [2.75, 3.05) is 22.8 Å². The van der Waals surface area contributed by atoms with Gasteiger partial charge in [-0.25, -0.2) is 13.4 Å². The van der Waals surface area contributed by atoms with Gasteiger partial charge in [0.15, 0.2) is 5.13 Å². The van der Waals surface area contributed by atoms with Gasteiger partial charge in [-0.15, -0.1) is 11.3 Å². The fourth-order valence-electron chi connectivity index (χ4n) is 2.97. The summed E-state index contributed by atoms with van der Waals surface area (Å²) < 4.78 is 32.3. The molecule has 1 aromatic heterocycles. The summed E-state index contributed by atoms with van der Waals surface area (Å²) in [5.41, 5.74) is 1.36. The van der Waals surface area contributed by atoms with Gasteiger partial charge in [0.1, 0.15) is 0 Å². The number of anilines is 2. The summed E-state index contributed by atoms with van der Waals surface area (Å²) in [5.74, 6) is -0.814. The fourth-order valence-corrected chi connectivity index (χ4v) is 5.14. The molecule has 0 unspecified atom stereocenters. The number of thiazole rings is 1. The molecule has 0 atom stereocenters. The van der Waals surface area contributed by atoms with Crippen LogP contribution in [0.25, 0.3) is 0 Å². The predicted octanol–water partition coefficient (Wildman–Crippen LogP) is 3.72. The smallest absolute Gasteiger partial charge is 0.311 e. The van der Waals surface area contributed by atoms with Crippen molar-refractivity contribution in [2.45, 2.75) is 25.2 Å². The number of amides is 1. The van der Waals surface area contributed by atoms with Crippen LogP contribution in [0, 0.1) is 0 Å². The Bertz CT molecular complexity index is 1180. The number of carbonyl (C=O) groups is 2. The van der Waals surface area contributed by atoms with Gasteiger partial charge in [-0.1, -0.05) is 18.2 Å². The number of ether oxygens (including phenoxy) is 1. The largest absolute Gasteiger partial charge is 0.466 e. The molecule has 0 saturated heterocycles. The van der Waals surface area contributed by atoms with Gasteiger partial charge in [-0.05, 0) is 50.2 Å². The first-order valence-corrected chi connectivity index (χ1v) is 12.3. The van der Waals surface area contributed by atoms with Crippen molar-refractivity contribution >= 4 is 44.1 Å². The van der Waals surface area contributed by atoms with Crippen LogP contribution in [0.4, 0.5) is 10.8 Å². The molecule has 0 aliphatic rings. The van der Waals surface area contributed by atoms with Crippen LogP contribution in [-0.4, -0.2) is 38.4 Å². The minimum Gasteiger partial charge on any atom is -0.466 e. The lowest BCUT2D eigenvalue weighted by atomic mass is 10.2. The van der Waals surface area contributed by atoms with Gasteiger partial charge in [0.25, 0.3) is 15.9 Å². The zero-order valence-electron chi connectivity index (χ0n) is 17.6. The Balaban J connectivity index is 1.70. The summed E-state index contributed by atoms with van der Waals surface area (Å²) in [6, 6.07) is 14.5. The predicted molar refractivity (Wildman–Crippen MR) is 123 cm³/mol. The quantitative estimate of drug-likeness (QED) is 0.475. The van der Waals surface area contributed by atoms with Gasteiger partial charge < -0.3 is 4.74 Å². The molecule has 3 rings (SSSR count). The summed E-state index contributed by atoms with van der Waals surface area (Å²) >= 11 is 1.19. The van der Waals surface area contributed by atoms with Gasteiger partial charge >= 0.3 is 5.97 Å². The number of nitrogens with one attached hydrogen (secondary N) is 1. The Hall–Kier alpha value is -3.24. The topological polar surface area (TPSA) is 106 Å². The first-order chi connectivity index (χ1) is 15.3. The molecule has 0 spiro atoms. The molecule has 0 aliphatic carbocycles. The summed E-state index contributed by atoms with van der Waals surface area (Å²) in [5, 5.41) is 4.67. The van der Waals surface area contributed by atoms with Gasteiger partial charge in [0.05, 0.1) is 29.3 Å². The van der Waals surface area contributed by atoms with Gasteiger partial charge in [0.2, 0.25) is 0 Å². The maximum atomic E-state index is 13.1. The van der Waals surface area contributed by atoms with Crippen LogP contribution < -0.4 is 9.62 Å². The van der Waals surface area contributed by atoms with Crippen molar-refractivity contribution < 1.29 is 22.7 Å². The Kier molecular flexibility index (Phi) is 7.60. The van der Waals surface area contributed by atoms with Crippen molar-refractivity contribution in [1.82, 2.24) is 4.98 Å². The summed E-state index contributed by atoms with van der Waals surface area (Å²) in [6.45, 7) is 4.05. The highest BCUT2D eigenvalue weighted by Gasteiger charge is 2.23. The molecule has 2 aromatic carbocycles. The van der Waals surface area contributed by atoms with Crippen LogP contribution in [0.15, 0.2) is 64.9 Å². The highest BCUT2D eigenvalue weighted by atomic mass is 32.2. The molecule has 32 heavy (non-hydrogen) atoms. The zero-order valence-corrected chi connectivity index (χ0v) is 19.3. The lowest BCUT2D eigenvalue weighted by molar-refractivity contribution is -0.142. The third-order valence-corrected chi connectivity index (χ3v) is 7.16. The van der Waals surface area contributed by atoms with E-state index in [1.807, 2.05) is 6.07 Å². The molecule has 0 radical (unpaired) electrons. The number of hydrogen-bond acceptors (Lipinski definition) is 7. The van der Waals surface area contributed by atoms with Crippen molar-refractivity contribution in [1.29, 1.82) is 0 Å². The van der Waals surface area contributed by atoms with E-state index < -0.39 is 15.9 Å². The van der Waals surface area contributed by atoms with E-state index in [0.29, 0.717) is 23.1 Å². The van der Waals surface area contributed by atoms with Crippen LogP contribution in [0.3, 0.4) is 0 Å². The Morgan fingerprint density at radius 2 is 1.75 bits per heavy atom. The van der Waals surface area contributed by atoms with E-state index in [1.165, 1.54) is 39.9 Å². The van der Waals surface area contributed by atoms with Crippen molar-refractivity contribution in [3.63, 3.8) is 0 Å². The Morgan fingerprint density at radius 1 is 1.06 bits per heavy atom. The van der Waals surface area contributed by atoms with Crippen molar-refractivity contribution in [3.8, 4) is 0 Å². The monoisotopic (exact) mass is 473 g/mol. The van der Waals surface area contributed by atoms with E-state index in [2.05, 4.69) is 10.3 Å². The molecule has 10 heteroatoms. The van der Waals surface area contributed by atoms with Crippen LogP contribution in [0.5, 0.6) is 0 Å². The molecular formula is C22H23N3O5S2. The van der Waals surface area contributed by atoms with Crippen molar-refractivity contribution in [2.24, 2.45) is 0 Å². The van der Waals surface area contributed by atoms with E-state index in [4.69, 9.17) is 4.74 Å². The zero-order chi connectivity index (χ0) is 23.1. The maximum Gasteiger partial charge on any atom is 0.311 e. The minimum atomic E-state index is -3.77. The Morgan fingerprint density at radius 3 is 2.38 bits per heavy atom. The molecule has 1 amide bonds. The number of carbonyl (C=O) groups excluding carboxylic acids is 2. The average molecular weight is 474 g/mol. The number of benzene rings is 2. The standard InChI is InChI=1S/C22H23N3O5S2/c1-3-25(18-8-6-5-7-9-18)32(28,29)19-12-10-16(11-13-19)21(27)24-22-23-17(15-31-22)14-20(26)30-4-2/h5-13,15H,3-4,14H2,1-2H3,(H,23,24,27). The number of sulfonamides is 1. The minimum absolute atomic E-state index is 0.0299. The second-order valence-corrected chi connectivity index (χ2v) is 9.33. The third-order valence-electron chi connectivity index (χ3n) is 4.44. The van der Waals surface area contributed by atoms with Crippen LogP contribution >= 0.6 is 11.3 Å². The van der Waals surface area contributed by atoms with Crippen LogP contribution in [0.2, 0.25) is 0 Å². The van der Waals surface area contributed by atoms with E-state index >= 15 is 0 Å². The number of esters is 1. The SMILES string of the molecule is CCOC(=O)Cc1csc(NC(=O)c2ccc(S(=O)(=O)N(CC)c3ccccc3)cc2)n1. The van der Waals surface area contributed by atoms with Crippen molar-refractivity contribution in [3.05, 3.63) is 71.2 Å². The van der Waals surface area contributed by atoms with Gasteiger partial charge in [0, 0.05) is 17.5 Å². The number of nitrogens with zero attached hydrogens (tertiary/aromatic N) is 2. The molecule has 0 bridgehead atoms. The normalized spacial score (nSPS) is 11.1. The molecule has 1 N–H and O–H groups in total. The molecule has 1 heterocycles. The summed E-state index contributed by atoms with van der Waals surface area (Å²) in [6.07, 6.45) is 0.0299. The third kappa shape index (κ3) is 5.51. The Labute approximate surface area is 190 Å². The fraction of sp³-hybridized carbons (Fsp3) is 0.227. The highest BCUT2D eigenvalue weighted by molar-refractivity contribution is 7.92. The van der Waals surface area contributed by atoms with E-state index in [0.717, 1.165) is 0 Å². The first-order valence-electron chi connectivity index (χ1n) is 9.94. The summed E-state index contributed by atoms with van der Waals surface area (Å²) in [4.78, 5) is 28.4. The number of rotatable bonds is 9. The molecule has 8 nitrogen and oxygen atoms in total. The number of aromatic nitrogens is 1.